The highest BCUT2D eigenvalue weighted by Gasteiger charge is 2.18. The largest absolute Gasteiger partial charge is 0.494 e. The van der Waals surface area contributed by atoms with E-state index in [4.69, 9.17) is 4.74 Å². The molecule has 6 heteroatoms. The number of nitrogens with one attached hydrogen (secondary N) is 2. The van der Waals surface area contributed by atoms with Crippen molar-refractivity contribution in [2.45, 2.75) is 19.3 Å². The maximum absolute atomic E-state index is 12.5. The zero-order chi connectivity index (χ0) is 18.9. The summed E-state index contributed by atoms with van der Waals surface area (Å²) in [5.74, 6) is 0.598. The van der Waals surface area contributed by atoms with E-state index in [1.165, 1.54) is 23.3 Å². The van der Waals surface area contributed by atoms with Gasteiger partial charge in [-0.15, -0.1) is 23.7 Å². The molecule has 0 radical (unpaired) electrons. The van der Waals surface area contributed by atoms with E-state index in [9.17, 15) is 4.79 Å². The Kier molecular flexibility index (Phi) is 9.28. The zero-order valence-electron chi connectivity index (χ0n) is 16.1. The van der Waals surface area contributed by atoms with Crippen LogP contribution in [0.1, 0.15) is 28.1 Å². The fourth-order valence-corrected chi connectivity index (χ4v) is 4.16. The van der Waals surface area contributed by atoms with Gasteiger partial charge in [0.15, 0.2) is 0 Å². The Hall–Kier alpha value is -2.08. The molecule has 0 spiro atoms. The smallest absolute Gasteiger partial charge is 0.265 e. The third-order valence-electron chi connectivity index (χ3n) is 4.46. The van der Waals surface area contributed by atoms with Crippen LogP contribution in [-0.2, 0) is 6.42 Å². The molecule has 4 nitrogen and oxygen atoms in total. The zero-order valence-corrected chi connectivity index (χ0v) is 17.7. The van der Waals surface area contributed by atoms with Crippen molar-refractivity contribution in [3.8, 4) is 5.75 Å². The minimum atomic E-state index is -0.0704. The Labute approximate surface area is 176 Å². The number of methoxy groups -OCH3 is 1. The molecule has 1 aromatic heterocycles. The molecular formula is C22H27ClN2O2S. The van der Waals surface area contributed by atoms with Crippen molar-refractivity contribution in [3.63, 3.8) is 0 Å². The Morgan fingerprint density at radius 1 is 0.964 bits per heavy atom. The van der Waals surface area contributed by atoms with Crippen molar-refractivity contribution in [3.05, 3.63) is 65.0 Å². The van der Waals surface area contributed by atoms with Crippen LogP contribution in [0.3, 0.4) is 0 Å². The predicted molar refractivity (Wildman–Crippen MR) is 120 cm³/mol. The summed E-state index contributed by atoms with van der Waals surface area (Å²) in [6.07, 6.45) is 3.42. The number of halogens is 1. The molecule has 0 fully saturated rings. The number of hydrogen-bond acceptors (Lipinski definition) is 4. The van der Waals surface area contributed by atoms with Gasteiger partial charge in [-0.05, 0) is 43.5 Å². The number of rotatable bonds is 10. The number of ether oxygens (including phenoxy) is 1. The number of benzene rings is 2. The van der Waals surface area contributed by atoms with Crippen molar-refractivity contribution in [1.82, 2.24) is 10.6 Å². The molecule has 0 bridgehead atoms. The fourth-order valence-electron chi connectivity index (χ4n) is 3.07. The van der Waals surface area contributed by atoms with Crippen molar-refractivity contribution in [1.29, 1.82) is 0 Å². The first-order valence-electron chi connectivity index (χ1n) is 9.38. The SMILES string of the molecule is COc1c(C(=O)NCCNCCCCc2ccccc2)sc2ccccc12.Cl. The summed E-state index contributed by atoms with van der Waals surface area (Å²) < 4.78 is 6.53. The molecule has 2 aromatic carbocycles. The van der Waals surface area contributed by atoms with Gasteiger partial charge in [-0.25, -0.2) is 0 Å². The molecule has 1 heterocycles. The highest BCUT2D eigenvalue weighted by Crippen LogP contribution is 2.37. The third kappa shape index (κ3) is 5.96. The molecule has 3 aromatic rings. The quantitative estimate of drug-likeness (QED) is 0.470. The number of carbonyl (C=O) groups is 1. The molecule has 150 valence electrons. The second-order valence-electron chi connectivity index (χ2n) is 6.41. The molecule has 2 N–H and O–H groups in total. The molecule has 0 saturated carbocycles. The molecule has 1 amide bonds. The van der Waals surface area contributed by atoms with Crippen LogP contribution in [0, 0.1) is 0 Å². The Morgan fingerprint density at radius 2 is 1.71 bits per heavy atom. The van der Waals surface area contributed by atoms with E-state index in [1.807, 2.05) is 30.3 Å². The number of unbranched alkanes of at least 4 members (excludes halogenated alkanes) is 1. The van der Waals surface area contributed by atoms with Crippen molar-refractivity contribution < 1.29 is 9.53 Å². The molecule has 0 aliphatic carbocycles. The van der Waals surface area contributed by atoms with E-state index < -0.39 is 0 Å². The Bertz CT molecular complexity index is 867. The summed E-state index contributed by atoms with van der Waals surface area (Å²) in [7, 11) is 1.61. The summed E-state index contributed by atoms with van der Waals surface area (Å²) >= 11 is 1.47. The molecule has 28 heavy (non-hydrogen) atoms. The number of amides is 1. The first-order valence-corrected chi connectivity index (χ1v) is 10.2. The summed E-state index contributed by atoms with van der Waals surface area (Å²) in [4.78, 5) is 13.1. The highest BCUT2D eigenvalue weighted by molar-refractivity contribution is 7.21. The molecule has 0 aliphatic heterocycles. The number of carbonyl (C=O) groups excluding carboxylic acids is 1. The number of hydrogen-bond donors (Lipinski definition) is 2. The number of thiophene rings is 1. The maximum atomic E-state index is 12.5. The van der Waals surface area contributed by atoms with Gasteiger partial charge in [-0.2, -0.15) is 0 Å². The van der Waals surface area contributed by atoms with Crippen LogP contribution in [0.15, 0.2) is 54.6 Å². The van der Waals surface area contributed by atoms with Crippen LogP contribution >= 0.6 is 23.7 Å². The predicted octanol–water partition coefficient (Wildman–Crippen LogP) is 4.67. The minimum Gasteiger partial charge on any atom is -0.494 e. The molecule has 0 unspecified atom stereocenters. The fraction of sp³-hybridized carbons (Fsp3) is 0.318. The van der Waals surface area contributed by atoms with Crippen LogP contribution in [0.4, 0.5) is 0 Å². The van der Waals surface area contributed by atoms with Crippen molar-refractivity contribution in [2.75, 3.05) is 26.7 Å². The lowest BCUT2D eigenvalue weighted by Gasteiger charge is -2.07. The average Bonchev–Trinajstić information content (AvgIpc) is 3.09. The van der Waals surface area contributed by atoms with Gasteiger partial charge >= 0.3 is 0 Å². The van der Waals surface area contributed by atoms with E-state index in [-0.39, 0.29) is 18.3 Å². The normalized spacial score (nSPS) is 10.5. The summed E-state index contributed by atoms with van der Waals surface area (Å²) in [5.41, 5.74) is 1.39. The standard InChI is InChI=1S/C22H26N2O2S.ClH/c1-26-20-18-12-5-6-13-19(18)27-21(20)22(25)24-16-15-23-14-8-7-11-17-9-3-2-4-10-17;/h2-6,9-10,12-13,23H,7-8,11,14-16H2,1H3,(H,24,25);1H. The van der Waals surface area contributed by atoms with Crippen LogP contribution in [0.2, 0.25) is 0 Å². The lowest BCUT2D eigenvalue weighted by Crippen LogP contribution is -2.32. The van der Waals surface area contributed by atoms with Crippen LogP contribution in [0.5, 0.6) is 5.75 Å². The summed E-state index contributed by atoms with van der Waals surface area (Å²) in [6, 6.07) is 18.5. The lowest BCUT2D eigenvalue weighted by atomic mass is 10.1. The van der Waals surface area contributed by atoms with E-state index in [1.54, 1.807) is 7.11 Å². The summed E-state index contributed by atoms with van der Waals surface area (Å²) in [5, 5.41) is 7.36. The van der Waals surface area contributed by atoms with E-state index in [0.717, 1.165) is 36.0 Å². The second kappa shape index (κ2) is 11.7. The van der Waals surface area contributed by atoms with E-state index in [0.29, 0.717) is 17.2 Å². The summed E-state index contributed by atoms with van der Waals surface area (Å²) in [6.45, 7) is 2.34. The van der Waals surface area contributed by atoms with E-state index >= 15 is 0 Å². The second-order valence-corrected chi connectivity index (χ2v) is 7.46. The highest BCUT2D eigenvalue weighted by atomic mass is 35.5. The van der Waals surface area contributed by atoms with Gasteiger partial charge < -0.3 is 15.4 Å². The van der Waals surface area contributed by atoms with Gasteiger partial charge in [0.2, 0.25) is 0 Å². The van der Waals surface area contributed by atoms with Gasteiger partial charge in [-0.3, -0.25) is 4.79 Å². The van der Waals surface area contributed by atoms with Gasteiger partial charge in [0.1, 0.15) is 10.6 Å². The van der Waals surface area contributed by atoms with Gasteiger partial charge in [0, 0.05) is 23.2 Å². The topological polar surface area (TPSA) is 50.4 Å². The third-order valence-corrected chi connectivity index (χ3v) is 5.61. The van der Waals surface area contributed by atoms with Crippen molar-refractivity contribution >= 4 is 39.7 Å². The first kappa shape index (κ1) is 22.2. The molecule has 0 aliphatic rings. The monoisotopic (exact) mass is 418 g/mol. The van der Waals surface area contributed by atoms with Crippen LogP contribution in [-0.4, -0.2) is 32.7 Å². The van der Waals surface area contributed by atoms with Gasteiger partial charge in [-0.1, -0.05) is 42.5 Å². The van der Waals surface area contributed by atoms with Crippen LogP contribution in [0.25, 0.3) is 10.1 Å². The molecule has 0 saturated heterocycles. The van der Waals surface area contributed by atoms with E-state index in [2.05, 4.69) is 34.9 Å². The first-order chi connectivity index (χ1) is 13.3. The maximum Gasteiger partial charge on any atom is 0.265 e. The molecule has 3 rings (SSSR count). The van der Waals surface area contributed by atoms with Gasteiger partial charge in [0.25, 0.3) is 5.91 Å². The lowest BCUT2D eigenvalue weighted by molar-refractivity contribution is 0.0955. The Balaban J connectivity index is 0.00000280. The number of fused-ring (bicyclic) bond motifs is 1. The average molecular weight is 419 g/mol. The van der Waals surface area contributed by atoms with Gasteiger partial charge in [0.05, 0.1) is 7.11 Å². The Morgan fingerprint density at radius 3 is 2.50 bits per heavy atom. The number of aryl methyl sites for hydroxylation is 1. The minimum absolute atomic E-state index is 0. The van der Waals surface area contributed by atoms with Crippen molar-refractivity contribution in [2.24, 2.45) is 0 Å². The molecule has 0 atom stereocenters. The van der Waals surface area contributed by atoms with Crippen LogP contribution < -0.4 is 15.4 Å². The molecular weight excluding hydrogens is 392 g/mol.